The lowest BCUT2D eigenvalue weighted by Crippen LogP contribution is -2.54. The number of nitrogens with zero attached hydrogens (tertiary/aromatic N) is 4. The fourth-order valence-electron chi connectivity index (χ4n) is 3.81. The summed E-state index contributed by atoms with van der Waals surface area (Å²) in [6.07, 6.45) is 1.71. The normalized spacial score (nSPS) is 22.3. The molecule has 0 aromatic rings. The van der Waals surface area contributed by atoms with Gasteiger partial charge in [0, 0.05) is 52.4 Å². The molecule has 190 valence electrons. The Kier molecular flexibility index (Phi) is 12.3. The van der Waals surface area contributed by atoms with Crippen LogP contribution in [0.1, 0.15) is 27.7 Å². The molecule has 3 N–H and O–H groups in total. The summed E-state index contributed by atoms with van der Waals surface area (Å²) in [4.78, 5) is 54.6. The highest BCUT2D eigenvalue weighted by molar-refractivity contribution is 8.13. The predicted octanol–water partition coefficient (Wildman–Crippen LogP) is -0.0946. The van der Waals surface area contributed by atoms with Crippen molar-refractivity contribution in [3.63, 3.8) is 0 Å². The Balaban J connectivity index is 3.23. The van der Waals surface area contributed by atoms with Crippen LogP contribution in [0.5, 0.6) is 0 Å². The molecule has 0 spiro atoms. The Morgan fingerprint density at radius 3 is 0.939 bits per heavy atom. The minimum absolute atomic E-state index is 0.0146. The number of hydrogen-bond acceptors (Lipinski definition) is 9. The van der Waals surface area contributed by atoms with Gasteiger partial charge in [-0.1, -0.05) is 11.8 Å². The first-order chi connectivity index (χ1) is 15.4. The van der Waals surface area contributed by atoms with Crippen LogP contribution in [0.4, 0.5) is 0 Å². The molecule has 4 atom stereocenters. The van der Waals surface area contributed by atoms with Crippen LogP contribution in [-0.2, 0) is 19.2 Å². The van der Waals surface area contributed by atoms with Gasteiger partial charge in [0.25, 0.3) is 0 Å². The average Bonchev–Trinajstić information content (AvgIpc) is 2.76. The SMILES string of the molecule is CSC(=O)C(C)N1CCN(C(C)C(=O)O)CCN(C(C)C(=O)O)CCN(C(C)C(=O)O)CC1. The molecular weight excluding hydrogens is 452 g/mol. The van der Waals surface area contributed by atoms with E-state index >= 15 is 0 Å². The van der Waals surface area contributed by atoms with E-state index in [1.807, 2.05) is 4.90 Å². The van der Waals surface area contributed by atoms with Crippen molar-refractivity contribution in [1.29, 1.82) is 0 Å². The van der Waals surface area contributed by atoms with Crippen LogP contribution in [0.15, 0.2) is 0 Å². The number of carbonyl (C=O) groups excluding carboxylic acids is 1. The Morgan fingerprint density at radius 2 is 0.758 bits per heavy atom. The van der Waals surface area contributed by atoms with Crippen molar-refractivity contribution in [1.82, 2.24) is 19.6 Å². The standard InChI is InChI=1S/C21H38N4O7S/c1-14(18(26)27)22-6-8-23(15(2)19(28)29)10-12-25(17(4)21(32)33-5)13-11-24(9-7-22)16(3)20(30)31/h14-17H,6-13H2,1-5H3,(H,26,27)(H,28,29)(H,30,31). The van der Waals surface area contributed by atoms with E-state index in [4.69, 9.17) is 0 Å². The summed E-state index contributed by atoms with van der Waals surface area (Å²) in [5, 5.41) is 28.6. The van der Waals surface area contributed by atoms with Gasteiger partial charge in [-0.15, -0.1) is 0 Å². The molecule has 1 aliphatic heterocycles. The predicted molar refractivity (Wildman–Crippen MR) is 126 cm³/mol. The molecule has 12 heteroatoms. The molecule has 0 radical (unpaired) electrons. The van der Waals surface area contributed by atoms with E-state index in [0.29, 0.717) is 52.4 Å². The summed E-state index contributed by atoms with van der Waals surface area (Å²) in [5.74, 6) is -2.93. The van der Waals surface area contributed by atoms with Gasteiger partial charge in [0.2, 0.25) is 5.12 Å². The lowest BCUT2D eigenvalue weighted by Gasteiger charge is -2.38. The highest BCUT2D eigenvalue weighted by Crippen LogP contribution is 2.13. The van der Waals surface area contributed by atoms with Gasteiger partial charge in [0.1, 0.15) is 18.1 Å². The third kappa shape index (κ3) is 8.85. The van der Waals surface area contributed by atoms with Gasteiger partial charge in [-0.25, -0.2) is 0 Å². The Bertz CT molecular complexity index is 660. The second kappa shape index (κ2) is 13.9. The van der Waals surface area contributed by atoms with Crippen molar-refractivity contribution < 1.29 is 34.5 Å². The van der Waals surface area contributed by atoms with Gasteiger partial charge >= 0.3 is 17.9 Å². The molecule has 1 rings (SSSR count). The van der Waals surface area contributed by atoms with Gasteiger partial charge in [-0.2, -0.15) is 0 Å². The number of carbonyl (C=O) groups is 4. The Hall–Kier alpha value is -1.73. The number of aliphatic carboxylic acids is 3. The molecule has 1 fully saturated rings. The highest BCUT2D eigenvalue weighted by atomic mass is 32.2. The third-order valence-electron chi connectivity index (χ3n) is 6.50. The molecule has 0 bridgehead atoms. The largest absolute Gasteiger partial charge is 0.480 e. The highest BCUT2D eigenvalue weighted by Gasteiger charge is 2.30. The fourth-order valence-corrected chi connectivity index (χ4v) is 4.30. The van der Waals surface area contributed by atoms with E-state index in [0.717, 1.165) is 11.8 Å². The molecule has 0 aromatic heterocycles. The first kappa shape index (κ1) is 29.3. The summed E-state index contributed by atoms with van der Waals surface area (Å²) < 4.78 is 0. The van der Waals surface area contributed by atoms with E-state index in [1.165, 1.54) is 0 Å². The molecular formula is C21H38N4O7S. The number of rotatable bonds is 8. The first-order valence-electron chi connectivity index (χ1n) is 11.1. The number of carboxylic acids is 3. The van der Waals surface area contributed by atoms with Crippen molar-refractivity contribution in [3.05, 3.63) is 0 Å². The maximum Gasteiger partial charge on any atom is 0.320 e. The fraction of sp³-hybridized carbons (Fsp3) is 0.810. The smallest absolute Gasteiger partial charge is 0.320 e. The molecule has 0 amide bonds. The second-order valence-electron chi connectivity index (χ2n) is 8.39. The molecule has 1 aliphatic rings. The van der Waals surface area contributed by atoms with Crippen molar-refractivity contribution in [2.45, 2.75) is 51.9 Å². The Morgan fingerprint density at radius 1 is 0.545 bits per heavy atom. The number of thioether (sulfide) groups is 1. The topological polar surface area (TPSA) is 142 Å². The zero-order valence-electron chi connectivity index (χ0n) is 20.1. The molecule has 0 aliphatic carbocycles. The first-order valence-corrected chi connectivity index (χ1v) is 12.4. The van der Waals surface area contributed by atoms with Crippen LogP contribution in [0, 0.1) is 0 Å². The Labute approximate surface area is 199 Å². The minimum atomic E-state index is -0.992. The lowest BCUT2D eigenvalue weighted by atomic mass is 10.2. The van der Waals surface area contributed by atoms with Crippen LogP contribution in [-0.4, -0.2) is 141 Å². The van der Waals surface area contributed by atoms with E-state index in [2.05, 4.69) is 0 Å². The maximum atomic E-state index is 12.4. The summed E-state index contributed by atoms with van der Waals surface area (Å²) in [7, 11) is 0. The molecule has 0 saturated carbocycles. The number of carboxylic acid groups (broad SMARTS) is 3. The molecule has 4 unspecified atom stereocenters. The van der Waals surface area contributed by atoms with E-state index in [9.17, 15) is 34.5 Å². The zero-order chi connectivity index (χ0) is 25.3. The second-order valence-corrected chi connectivity index (χ2v) is 9.20. The van der Waals surface area contributed by atoms with Gasteiger partial charge in [-0.3, -0.25) is 38.8 Å². The van der Waals surface area contributed by atoms with Crippen LogP contribution in [0.25, 0.3) is 0 Å². The summed E-state index contributed by atoms with van der Waals surface area (Å²) in [5.41, 5.74) is 0. The maximum absolute atomic E-state index is 12.4. The molecule has 11 nitrogen and oxygen atoms in total. The monoisotopic (exact) mass is 490 g/mol. The van der Waals surface area contributed by atoms with Gasteiger partial charge in [0.05, 0.1) is 6.04 Å². The van der Waals surface area contributed by atoms with Crippen LogP contribution >= 0.6 is 11.8 Å². The van der Waals surface area contributed by atoms with Gasteiger partial charge in [-0.05, 0) is 34.0 Å². The van der Waals surface area contributed by atoms with Crippen molar-refractivity contribution in [2.75, 3.05) is 58.6 Å². The molecule has 1 heterocycles. The molecule has 33 heavy (non-hydrogen) atoms. The van der Waals surface area contributed by atoms with E-state index in [1.54, 1.807) is 48.7 Å². The van der Waals surface area contributed by atoms with Crippen molar-refractivity contribution in [3.8, 4) is 0 Å². The average molecular weight is 491 g/mol. The summed E-state index contributed by atoms with van der Waals surface area (Å²) in [6, 6.07) is -2.75. The molecule has 0 aromatic carbocycles. The van der Waals surface area contributed by atoms with Gasteiger partial charge in [0.15, 0.2) is 0 Å². The molecule has 1 saturated heterocycles. The lowest BCUT2D eigenvalue weighted by molar-refractivity contribution is -0.146. The van der Waals surface area contributed by atoms with Crippen molar-refractivity contribution in [2.24, 2.45) is 0 Å². The minimum Gasteiger partial charge on any atom is -0.480 e. The quantitative estimate of drug-likeness (QED) is 0.418. The summed E-state index contributed by atoms with van der Waals surface area (Å²) in [6.45, 7) is 9.47. The van der Waals surface area contributed by atoms with Gasteiger partial charge < -0.3 is 15.3 Å². The van der Waals surface area contributed by atoms with Crippen LogP contribution < -0.4 is 0 Å². The van der Waals surface area contributed by atoms with Crippen LogP contribution in [0.2, 0.25) is 0 Å². The zero-order valence-corrected chi connectivity index (χ0v) is 21.0. The van der Waals surface area contributed by atoms with E-state index in [-0.39, 0.29) is 5.12 Å². The van der Waals surface area contributed by atoms with Crippen molar-refractivity contribution >= 4 is 34.8 Å². The number of hydrogen-bond donors (Lipinski definition) is 3. The third-order valence-corrected chi connectivity index (χ3v) is 7.25. The van der Waals surface area contributed by atoms with E-state index < -0.39 is 42.1 Å². The summed E-state index contributed by atoms with van der Waals surface area (Å²) >= 11 is 1.13. The van der Waals surface area contributed by atoms with Crippen LogP contribution in [0.3, 0.4) is 0 Å².